The van der Waals surface area contributed by atoms with Crippen LogP contribution in [0, 0.1) is 6.92 Å². The Balaban J connectivity index is 2.59. The third-order valence-corrected chi connectivity index (χ3v) is 2.79. The molecule has 2 nitrogen and oxygen atoms in total. The number of aryl methyl sites for hydroxylation is 1. The fourth-order valence-corrected chi connectivity index (χ4v) is 1.70. The maximum atomic E-state index is 5.53. The fourth-order valence-electron chi connectivity index (χ4n) is 1.23. The third-order valence-electron chi connectivity index (χ3n) is 2.30. The van der Waals surface area contributed by atoms with E-state index < -0.39 is 0 Å². The van der Waals surface area contributed by atoms with Gasteiger partial charge in [-0.05, 0) is 37.1 Å². The van der Waals surface area contributed by atoms with Gasteiger partial charge in [0.15, 0.2) is 0 Å². The molecular weight excluding hydrogens is 240 g/mol. The Morgan fingerprint density at radius 2 is 2.21 bits per heavy atom. The molecule has 0 fully saturated rings. The molecule has 1 unspecified atom stereocenters. The average Bonchev–Trinajstić information content (AvgIpc) is 2.16. The molecule has 1 atom stereocenters. The summed E-state index contributed by atoms with van der Waals surface area (Å²) in [7, 11) is 0. The highest BCUT2D eigenvalue weighted by atomic mass is 79.9. The zero-order valence-corrected chi connectivity index (χ0v) is 10.3. The van der Waals surface area contributed by atoms with Crippen molar-refractivity contribution in [1.29, 1.82) is 0 Å². The Labute approximate surface area is 94.0 Å². The van der Waals surface area contributed by atoms with Crippen molar-refractivity contribution >= 4 is 15.9 Å². The van der Waals surface area contributed by atoms with Gasteiger partial charge in [0, 0.05) is 23.6 Å². The van der Waals surface area contributed by atoms with Gasteiger partial charge < -0.3 is 11.1 Å². The molecule has 14 heavy (non-hydrogen) atoms. The standard InChI is InChI=1S/C11H17BrN2/c1-8-5-11(12)4-3-10(8)7-14-9(2)6-13/h3-5,9,14H,6-7,13H2,1-2H3. The van der Waals surface area contributed by atoms with Crippen LogP contribution in [0.5, 0.6) is 0 Å². The van der Waals surface area contributed by atoms with E-state index in [1.54, 1.807) is 0 Å². The van der Waals surface area contributed by atoms with E-state index in [0.717, 1.165) is 11.0 Å². The number of nitrogens with two attached hydrogens (primary N) is 1. The van der Waals surface area contributed by atoms with Gasteiger partial charge in [-0.1, -0.05) is 22.0 Å². The molecular formula is C11H17BrN2. The van der Waals surface area contributed by atoms with Gasteiger partial charge in [-0.15, -0.1) is 0 Å². The van der Waals surface area contributed by atoms with E-state index in [9.17, 15) is 0 Å². The highest BCUT2D eigenvalue weighted by Crippen LogP contribution is 2.15. The second-order valence-electron chi connectivity index (χ2n) is 3.59. The maximum absolute atomic E-state index is 5.53. The van der Waals surface area contributed by atoms with Crippen molar-refractivity contribution in [3.05, 3.63) is 33.8 Å². The first-order valence-electron chi connectivity index (χ1n) is 4.82. The van der Waals surface area contributed by atoms with E-state index >= 15 is 0 Å². The lowest BCUT2D eigenvalue weighted by Crippen LogP contribution is -2.32. The molecule has 0 bridgehead atoms. The van der Waals surface area contributed by atoms with Gasteiger partial charge in [0.2, 0.25) is 0 Å². The number of hydrogen-bond acceptors (Lipinski definition) is 2. The van der Waals surface area contributed by atoms with Gasteiger partial charge in [-0.25, -0.2) is 0 Å². The number of nitrogens with one attached hydrogen (secondary N) is 1. The van der Waals surface area contributed by atoms with Crippen LogP contribution in [0.3, 0.4) is 0 Å². The molecule has 0 aromatic heterocycles. The molecule has 3 N–H and O–H groups in total. The largest absolute Gasteiger partial charge is 0.329 e. The third kappa shape index (κ3) is 3.40. The van der Waals surface area contributed by atoms with Crippen LogP contribution in [-0.4, -0.2) is 12.6 Å². The van der Waals surface area contributed by atoms with Crippen LogP contribution < -0.4 is 11.1 Å². The minimum Gasteiger partial charge on any atom is -0.329 e. The zero-order chi connectivity index (χ0) is 10.6. The minimum absolute atomic E-state index is 0.373. The monoisotopic (exact) mass is 256 g/mol. The number of hydrogen-bond donors (Lipinski definition) is 2. The predicted molar refractivity (Wildman–Crippen MR) is 64.2 cm³/mol. The maximum Gasteiger partial charge on any atom is 0.0211 e. The number of benzene rings is 1. The summed E-state index contributed by atoms with van der Waals surface area (Å²) in [5.74, 6) is 0. The highest BCUT2D eigenvalue weighted by Gasteiger charge is 2.01. The molecule has 0 radical (unpaired) electrons. The van der Waals surface area contributed by atoms with Crippen LogP contribution in [0.2, 0.25) is 0 Å². The number of rotatable bonds is 4. The second-order valence-corrected chi connectivity index (χ2v) is 4.50. The highest BCUT2D eigenvalue weighted by molar-refractivity contribution is 9.10. The summed E-state index contributed by atoms with van der Waals surface area (Å²) in [6, 6.07) is 6.70. The van der Waals surface area contributed by atoms with Crippen molar-refractivity contribution in [3.8, 4) is 0 Å². The summed E-state index contributed by atoms with van der Waals surface area (Å²) in [6.45, 7) is 5.77. The lowest BCUT2D eigenvalue weighted by Gasteiger charge is -2.12. The Hall–Kier alpha value is -0.380. The van der Waals surface area contributed by atoms with Crippen LogP contribution in [0.25, 0.3) is 0 Å². The normalized spacial score (nSPS) is 12.9. The summed E-state index contributed by atoms with van der Waals surface area (Å²) in [6.07, 6.45) is 0. The molecule has 0 aliphatic rings. The molecule has 1 aromatic rings. The summed E-state index contributed by atoms with van der Waals surface area (Å²) in [5.41, 5.74) is 8.16. The summed E-state index contributed by atoms with van der Waals surface area (Å²) < 4.78 is 1.13. The topological polar surface area (TPSA) is 38.0 Å². The first kappa shape index (κ1) is 11.7. The van der Waals surface area contributed by atoms with Gasteiger partial charge in [-0.2, -0.15) is 0 Å². The first-order valence-corrected chi connectivity index (χ1v) is 5.61. The Morgan fingerprint density at radius 1 is 1.50 bits per heavy atom. The SMILES string of the molecule is Cc1cc(Br)ccc1CNC(C)CN. The van der Waals surface area contributed by atoms with Crippen LogP contribution >= 0.6 is 15.9 Å². The average molecular weight is 257 g/mol. The predicted octanol–water partition coefficient (Wildman–Crippen LogP) is 2.19. The second kappa shape index (κ2) is 5.49. The Morgan fingerprint density at radius 3 is 2.79 bits per heavy atom. The Kier molecular flexibility index (Phi) is 4.58. The molecule has 3 heteroatoms. The zero-order valence-electron chi connectivity index (χ0n) is 8.68. The molecule has 0 saturated heterocycles. The molecule has 0 saturated carbocycles. The van der Waals surface area contributed by atoms with Crippen molar-refractivity contribution in [1.82, 2.24) is 5.32 Å². The van der Waals surface area contributed by atoms with Crippen molar-refractivity contribution < 1.29 is 0 Å². The van der Waals surface area contributed by atoms with Gasteiger partial charge in [0.05, 0.1) is 0 Å². The van der Waals surface area contributed by atoms with E-state index in [1.807, 2.05) is 0 Å². The molecule has 0 aliphatic carbocycles. The molecule has 78 valence electrons. The van der Waals surface area contributed by atoms with Crippen molar-refractivity contribution in [3.63, 3.8) is 0 Å². The van der Waals surface area contributed by atoms with E-state index in [-0.39, 0.29) is 0 Å². The summed E-state index contributed by atoms with van der Waals surface area (Å²) in [4.78, 5) is 0. The molecule has 0 heterocycles. The molecule has 1 aromatic carbocycles. The van der Waals surface area contributed by atoms with E-state index in [2.05, 4.69) is 53.3 Å². The lowest BCUT2D eigenvalue weighted by molar-refractivity contribution is 0.555. The Bertz CT molecular complexity index is 299. The molecule has 0 spiro atoms. The summed E-state index contributed by atoms with van der Waals surface area (Å²) in [5, 5.41) is 3.37. The summed E-state index contributed by atoms with van der Waals surface area (Å²) >= 11 is 3.45. The molecule has 1 rings (SSSR count). The van der Waals surface area contributed by atoms with E-state index in [4.69, 9.17) is 5.73 Å². The van der Waals surface area contributed by atoms with Crippen LogP contribution in [0.4, 0.5) is 0 Å². The van der Waals surface area contributed by atoms with Crippen molar-refractivity contribution in [2.75, 3.05) is 6.54 Å². The van der Waals surface area contributed by atoms with Crippen LogP contribution in [-0.2, 0) is 6.54 Å². The van der Waals surface area contributed by atoms with Gasteiger partial charge in [0.1, 0.15) is 0 Å². The van der Waals surface area contributed by atoms with Crippen molar-refractivity contribution in [2.45, 2.75) is 26.4 Å². The van der Waals surface area contributed by atoms with Crippen molar-refractivity contribution in [2.24, 2.45) is 5.73 Å². The lowest BCUT2D eigenvalue weighted by atomic mass is 10.1. The minimum atomic E-state index is 0.373. The van der Waals surface area contributed by atoms with Crippen LogP contribution in [0.1, 0.15) is 18.1 Å². The fraction of sp³-hybridized carbons (Fsp3) is 0.455. The van der Waals surface area contributed by atoms with E-state index in [1.165, 1.54) is 11.1 Å². The van der Waals surface area contributed by atoms with Crippen LogP contribution in [0.15, 0.2) is 22.7 Å². The van der Waals surface area contributed by atoms with E-state index in [0.29, 0.717) is 12.6 Å². The van der Waals surface area contributed by atoms with Gasteiger partial charge in [-0.3, -0.25) is 0 Å². The van der Waals surface area contributed by atoms with Gasteiger partial charge in [0.25, 0.3) is 0 Å². The van der Waals surface area contributed by atoms with Gasteiger partial charge >= 0.3 is 0 Å². The molecule has 0 aliphatic heterocycles. The smallest absolute Gasteiger partial charge is 0.0211 e. The first-order chi connectivity index (χ1) is 6.63. The number of halogens is 1. The quantitative estimate of drug-likeness (QED) is 0.867. The molecule has 0 amide bonds.